The van der Waals surface area contributed by atoms with Crippen LogP contribution in [0.4, 0.5) is 4.39 Å². The number of aromatic nitrogens is 3. The lowest BCUT2D eigenvalue weighted by atomic mass is 10.0. The van der Waals surface area contributed by atoms with E-state index in [1.54, 1.807) is 18.5 Å². The van der Waals surface area contributed by atoms with Gasteiger partial charge in [-0.15, -0.1) is 5.10 Å². The largest absolute Gasteiger partial charge is 0.468 e. The predicted octanol–water partition coefficient (Wildman–Crippen LogP) is 3.14. The monoisotopic (exact) mass is 472 g/mol. The van der Waals surface area contributed by atoms with Crippen LogP contribution in [0.15, 0.2) is 47.4 Å². The summed E-state index contributed by atoms with van der Waals surface area (Å²) >= 11 is 0. The Hall–Kier alpha value is -3.11. The number of sulfonamides is 1. The third-order valence-electron chi connectivity index (χ3n) is 5.73. The second kappa shape index (κ2) is 8.68. The fourth-order valence-corrected chi connectivity index (χ4v) is 5.94. The molecule has 0 aliphatic carbocycles. The first-order valence-electron chi connectivity index (χ1n) is 10.5. The molecular weight excluding hydrogens is 447 g/mol. The van der Waals surface area contributed by atoms with Gasteiger partial charge in [0.2, 0.25) is 10.0 Å². The molecule has 2 aromatic carbocycles. The fourth-order valence-electron chi connectivity index (χ4n) is 4.09. The van der Waals surface area contributed by atoms with Crippen LogP contribution in [0.2, 0.25) is 0 Å². The number of hydrogen-bond acceptors (Lipinski definition) is 6. The maximum atomic E-state index is 14.3. The van der Waals surface area contributed by atoms with E-state index in [2.05, 4.69) is 10.3 Å². The lowest BCUT2D eigenvalue weighted by Gasteiger charge is -2.30. The van der Waals surface area contributed by atoms with Gasteiger partial charge in [0.25, 0.3) is 0 Å². The van der Waals surface area contributed by atoms with Gasteiger partial charge in [-0.05, 0) is 36.6 Å². The van der Waals surface area contributed by atoms with Crippen molar-refractivity contribution in [2.75, 3.05) is 7.11 Å². The van der Waals surface area contributed by atoms with Crippen molar-refractivity contribution < 1.29 is 22.3 Å². The van der Waals surface area contributed by atoms with Crippen LogP contribution in [-0.4, -0.2) is 46.8 Å². The topological polar surface area (TPSA) is 94.4 Å². The Morgan fingerprint density at radius 3 is 2.52 bits per heavy atom. The number of halogens is 1. The number of rotatable bonds is 5. The number of methoxy groups -OCH3 is 1. The lowest BCUT2D eigenvalue weighted by Crippen LogP contribution is -2.47. The van der Waals surface area contributed by atoms with Gasteiger partial charge in [0.15, 0.2) is 0 Å². The van der Waals surface area contributed by atoms with Crippen LogP contribution in [0, 0.1) is 18.7 Å². The minimum atomic E-state index is -4.18. The number of hydrogen-bond donors (Lipinski definition) is 0. The van der Waals surface area contributed by atoms with Gasteiger partial charge >= 0.3 is 5.97 Å². The molecule has 0 bridgehead atoms. The van der Waals surface area contributed by atoms with Crippen molar-refractivity contribution in [3.8, 4) is 11.3 Å². The zero-order valence-electron chi connectivity index (χ0n) is 18.8. The van der Waals surface area contributed by atoms with Gasteiger partial charge in [-0.1, -0.05) is 48.9 Å². The molecule has 2 heterocycles. The molecule has 33 heavy (non-hydrogen) atoms. The van der Waals surface area contributed by atoms with Crippen LogP contribution >= 0.6 is 0 Å². The summed E-state index contributed by atoms with van der Waals surface area (Å²) in [6.07, 6.45) is 0. The highest BCUT2D eigenvalue weighted by Crippen LogP contribution is 2.38. The highest BCUT2D eigenvalue weighted by molar-refractivity contribution is 7.89. The van der Waals surface area contributed by atoms with Crippen molar-refractivity contribution in [2.45, 2.75) is 44.8 Å². The van der Waals surface area contributed by atoms with Crippen LogP contribution in [0.5, 0.6) is 0 Å². The van der Waals surface area contributed by atoms with E-state index < -0.39 is 27.9 Å². The third kappa shape index (κ3) is 4.16. The molecule has 0 radical (unpaired) electrons. The van der Waals surface area contributed by atoms with E-state index in [1.807, 2.05) is 31.2 Å². The fraction of sp³-hybridized carbons (Fsp3) is 0.348. The molecule has 1 aromatic heterocycles. The average Bonchev–Trinajstić information content (AvgIpc) is 3.12. The molecule has 10 heteroatoms. The summed E-state index contributed by atoms with van der Waals surface area (Å²) in [5.41, 5.74) is 2.95. The van der Waals surface area contributed by atoms with Gasteiger partial charge in [0.1, 0.15) is 17.6 Å². The van der Waals surface area contributed by atoms with Gasteiger partial charge in [-0.25, -0.2) is 17.5 Å². The zero-order valence-corrected chi connectivity index (χ0v) is 19.6. The summed E-state index contributed by atoms with van der Waals surface area (Å²) in [6.45, 7) is 5.59. The summed E-state index contributed by atoms with van der Waals surface area (Å²) in [4.78, 5) is 12.5. The molecule has 4 rings (SSSR count). The Bertz CT molecular complexity index is 1300. The Labute approximate surface area is 192 Å². The van der Waals surface area contributed by atoms with Crippen molar-refractivity contribution in [1.29, 1.82) is 0 Å². The van der Waals surface area contributed by atoms with E-state index in [1.165, 1.54) is 19.2 Å². The second-order valence-electron chi connectivity index (χ2n) is 8.43. The zero-order chi connectivity index (χ0) is 23.9. The number of ether oxygens (including phenoxy) is 1. The van der Waals surface area contributed by atoms with Crippen molar-refractivity contribution >= 4 is 16.0 Å². The van der Waals surface area contributed by atoms with E-state index in [9.17, 15) is 17.6 Å². The lowest BCUT2D eigenvalue weighted by molar-refractivity contribution is -0.146. The number of benzene rings is 2. The summed E-state index contributed by atoms with van der Waals surface area (Å²) < 4.78 is 49.3. The number of nitrogens with zero attached hydrogens (tertiary/aromatic N) is 4. The maximum absolute atomic E-state index is 14.3. The van der Waals surface area contributed by atoms with E-state index >= 15 is 0 Å². The van der Waals surface area contributed by atoms with Crippen LogP contribution < -0.4 is 0 Å². The molecule has 0 spiro atoms. The van der Waals surface area contributed by atoms with E-state index in [0.717, 1.165) is 21.5 Å². The van der Waals surface area contributed by atoms with Gasteiger partial charge in [-0.3, -0.25) is 4.79 Å². The molecule has 1 aliphatic heterocycles. The maximum Gasteiger partial charge on any atom is 0.324 e. The Balaban J connectivity index is 1.92. The number of carbonyl (C=O) groups is 1. The molecule has 0 saturated carbocycles. The minimum Gasteiger partial charge on any atom is -0.468 e. The molecule has 1 atom stereocenters. The molecule has 0 fully saturated rings. The van der Waals surface area contributed by atoms with Gasteiger partial charge in [-0.2, -0.15) is 4.31 Å². The molecule has 3 aromatic rings. The summed E-state index contributed by atoms with van der Waals surface area (Å²) in [5, 5.41) is 8.48. The summed E-state index contributed by atoms with van der Waals surface area (Å²) in [6, 6.07) is 10.2. The molecule has 1 aliphatic rings. The first kappa shape index (κ1) is 23.1. The predicted molar refractivity (Wildman–Crippen MR) is 119 cm³/mol. The van der Waals surface area contributed by atoms with Crippen LogP contribution in [0.1, 0.15) is 30.7 Å². The van der Waals surface area contributed by atoms with Gasteiger partial charge in [0.05, 0.1) is 30.8 Å². The number of fused-ring (bicyclic) bond motifs is 3. The van der Waals surface area contributed by atoms with Crippen molar-refractivity contribution in [3.63, 3.8) is 0 Å². The van der Waals surface area contributed by atoms with E-state index in [0.29, 0.717) is 17.9 Å². The van der Waals surface area contributed by atoms with E-state index in [4.69, 9.17) is 4.74 Å². The number of aryl methyl sites for hydroxylation is 1. The second-order valence-corrected chi connectivity index (χ2v) is 10.3. The average molecular weight is 473 g/mol. The molecule has 0 N–H and O–H groups in total. The molecule has 0 amide bonds. The number of carbonyl (C=O) groups excluding carboxylic acids is 1. The van der Waals surface area contributed by atoms with Gasteiger partial charge in [0, 0.05) is 5.56 Å². The highest BCUT2D eigenvalue weighted by Gasteiger charge is 2.43. The van der Waals surface area contributed by atoms with Crippen molar-refractivity contribution in [2.24, 2.45) is 5.92 Å². The van der Waals surface area contributed by atoms with Gasteiger partial charge < -0.3 is 4.74 Å². The molecule has 174 valence electrons. The highest BCUT2D eigenvalue weighted by atomic mass is 32.2. The molecule has 0 unspecified atom stereocenters. The van der Waals surface area contributed by atoms with Crippen molar-refractivity contribution in [1.82, 2.24) is 19.3 Å². The van der Waals surface area contributed by atoms with Crippen molar-refractivity contribution in [3.05, 3.63) is 65.1 Å². The summed E-state index contributed by atoms with van der Waals surface area (Å²) in [5.74, 6) is -1.63. The molecular formula is C23H25FN4O4S. The standard InChI is InChI=1S/C23H25FN4O4S/c1-14(2)21(23(29)32-4)28-13-19-22(18-11-17(24)9-10-20(18)33(28,30)31)27(26-25-19)12-16-7-5-15(3)6-8-16/h5-11,14,21H,12-13H2,1-4H3/t21-/m0/s1. The third-order valence-corrected chi connectivity index (χ3v) is 7.62. The normalized spacial score (nSPS) is 16.1. The smallest absolute Gasteiger partial charge is 0.324 e. The van der Waals surface area contributed by atoms with E-state index in [-0.39, 0.29) is 22.9 Å². The molecule has 0 saturated heterocycles. The van der Waals surface area contributed by atoms with Crippen LogP contribution in [0.3, 0.4) is 0 Å². The van der Waals surface area contributed by atoms with Crippen LogP contribution in [0.25, 0.3) is 11.3 Å². The minimum absolute atomic E-state index is 0.107. The Kier molecular flexibility index (Phi) is 6.06. The Morgan fingerprint density at radius 2 is 1.88 bits per heavy atom. The van der Waals surface area contributed by atoms with Crippen LogP contribution in [-0.2, 0) is 32.6 Å². The molecule has 8 nitrogen and oxygen atoms in total. The number of esters is 1. The first-order valence-corrected chi connectivity index (χ1v) is 11.9. The first-order chi connectivity index (χ1) is 15.6. The quantitative estimate of drug-likeness (QED) is 0.530. The summed E-state index contributed by atoms with van der Waals surface area (Å²) in [7, 11) is -2.97. The Morgan fingerprint density at radius 1 is 1.18 bits per heavy atom. The SMILES string of the molecule is COC(=O)[C@H](C(C)C)N1Cc2nnn(Cc3ccc(C)cc3)c2-c2cc(F)ccc2S1(=O)=O.